The van der Waals surface area contributed by atoms with Gasteiger partial charge in [0.2, 0.25) is 5.91 Å². The van der Waals surface area contributed by atoms with Gasteiger partial charge in [-0.25, -0.2) is 0 Å². The van der Waals surface area contributed by atoms with Crippen LogP contribution >= 0.6 is 23.2 Å². The SMILES string of the molecule is NCC(=O)N1C2COCC1c1c([nH]c3c(Cl)c(Cl)ccc13)C2. The molecule has 1 aromatic heterocycles. The Balaban J connectivity index is 1.93. The van der Waals surface area contributed by atoms with Crippen molar-refractivity contribution in [2.24, 2.45) is 5.73 Å². The van der Waals surface area contributed by atoms with E-state index in [1.54, 1.807) is 6.07 Å². The minimum atomic E-state index is -0.121. The Morgan fingerprint density at radius 3 is 3.00 bits per heavy atom. The number of hydrogen-bond donors (Lipinski definition) is 2. The fraction of sp³-hybridized carbons (Fsp3) is 0.400. The number of carbonyl (C=O) groups is 1. The molecule has 0 spiro atoms. The van der Waals surface area contributed by atoms with Gasteiger partial charge in [-0.15, -0.1) is 0 Å². The molecular formula is C15H15Cl2N3O2. The Hall–Kier alpha value is -1.27. The molecular weight excluding hydrogens is 325 g/mol. The topological polar surface area (TPSA) is 71.3 Å². The van der Waals surface area contributed by atoms with Crippen LogP contribution in [0.25, 0.3) is 10.9 Å². The molecule has 2 atom stereocenters. The van der Waals surface area contributed by atoms with Crippen LogP contribution < -0.4 is 5.73 Å². The summed E-state index contributed by atoms with van der Waals surface area (Å²) in [5.74, 6) is -0.0432. The Kier molecular flexibility index (Phi) is 3.34. The number of nitrogens with two attached hydrogens (primary N) is 1. The van der Waals surface area contributed by atoms with Gasteiger partial charge in [-0.3, -0.25) is 4.79 Å². The maximum atomic E-state index is 12.3. The predicted octanol–water partition coefficient (Wildman–Crippen LogP) is 2.26. The second-order valence-electron chi connectivity index (χ2n) is 5.72. The number of rotatable bonds is 1. The smallest absolute Gasteiger partial charge is 0.237 e. The number of benzene rings is 1. The normalized spacial score (nSPS) is 23.7. The lowest BCUT2D eigenvalue weighted by Gasteiger charge is -2.45. The minimum Gasteiger partial charge on any atom is -0.377 e. The minimum absolute atomic E-state index is 0.0112. The molecule has 2 unspecified atom stereocenters. The number of nitrogens with one attached hydrogen (secondary N) is 1. The molecule has 1 fully saturated rings. The summed E-state index contributed by atoms with van der Waals surface area (Å²) >= 11 is 12.4. The van der Waals surface area contributed by atoms with Gasteiger partial charge in [-0.05, 0) is 6.07 Å². The summed E-state index contributed by atoms with van der Waals surface area (Å²) < 4.78 is 5.68. The molecule has 2 aromatic rings. The van der Waals surface area contributed by atoms with Crippen LogP contribution in [0.1, 0.15) is 17.3 Å². The van der Waals surface area contributed by atoms with Gasteiger partial charge in [0.15, 0.2) is 0 Å². The van der Waals surface area contributed by atoms with E-state index >= 15 is 0 Å². The monoisotopic (exact) mass is 339 g/mol. The van der Waals surface area contributed by atoms with Gasteiger partial charge in [0, 0.05) is 23.1 Å². The van der Waals surface area contributed by atoms with Crippen LogP contribution in [0.5, 0.6) is 0 Å². The quantitative estimate of drug-likeness (QED) is 0.837. The highest BCUT2D eigenvalue weighted by molar-refractivity contribution is 6.45. The summed E-state index contributed by atoms with van der Waals surface area (Å²) in [5.41, 5.74) is 8.59. The Bertz CT molecular complexity index is 774. The second-order valence-corrected chi connectivity index (χ2v) is 6.50. The predicted molar refractivity (Wildman–Crippen MR) is 85.3 cm³/mol. The molecule has 0 aliphatic carbocycles. The molecule has 2 bridgehead atoms. The van der Waals surface area contributed by atoms with E-state index in [2.05, 4.69) is 4.98 Å². The molecule has 2 aliphatic rings. The van der Waals surface area contributed by atoms with Crippen molar-refractivity contribution in [2.75, 3.05) is 19.8 Å². The van der Waals surface area contributed by atoms with Gasteiger partial charge in [0.1, 0.15) is 0 Å². The van der Waals surface area contributed by atoms with Crippen LogP contribution in [0.4, 0.5) is 0 Å². The summed E-state index contributed by atoms with van der Waals surface area (Å²) in [5, 5.41) is 2.02. The van der Waals surface area contributed by atoms with E-state index in [1.807, 2.05) is 11.0 Å². The number of halogens is 2. The van der Waals surface area contributed by atoms with E-state index < -0.39 is 0 Å². The van der Waals surface area contributed by atoms with Crippen LogP contribution in [0.15, 0.2) is 12.1 Å². The number of ether oxygens (including phenoxy) is 1. The summed E-state index contributed by atoms with van der Waals surface area (Å²) in [6.45, 7) is 1.02. The van der Waals surface area contributed by atoms with Crippen molar-refractivity contribution < 1.29 is 9.53 Å². The zero-order valence-electron chi connectivity index (χ0n) is 11.7. The van der Waals surface area contributed by atoms with Crippen LogP contribution in [0.3, 0.4) is 0 Å². The van der Waals surface area contributed by atoms with Crippen molar-refractivity contribution >= 4 is 40.0 Å². The molecule has 0 saturated carbocycles. The zero-order chi connectivity index (χ0) is 15.4. The van der Waals surface area contributed by atoms with Gasteiger partial charge in [-0.1, -0.05) is 29.3 Å². The van der Waals surface area contributed by atoms with Crippen molar-refractivity contribution in [1.82, 2.24) is 9.88 Å². The van der Waals surface area contributed by atoms with Crippen molar-refractivity contribution in [2.45, 2.75) is 18.5 Å². The van der Waals surface area contributed by atoms with Crippen LogP contribution in [-0.2, 0) is 16.0 Å². The summed E-state index contributed by atoms with van der Waals surface area (Å²) in [4.78, 5) is 17.5. The fourth-order valence-electron chi connectivity index (χ4n) is 3.65. The van der Waals surface area contributed by atoms with Gasteiger partial charge < -0.3 is 20.4 Å². The van der Waals surface area contributed by atoms with Crippen molar-refractivity contribution in [3.63, 3.8) is 0 Å². The molecule has 3 heterocycles. The first-order chi connectivity index (χ1) is 10.6. The second kappa shape index (κ2) is 5.13. The maximum absolute atomic E-state index is 12.3. The summed E-state index contributed by atoms with van der Waals surface area (Å²) in [6, 6.07) is 3.62. The highest BCUT2D eigenvalue weighted by Gasteiger charge is 2.42. The first kappa shape index (κ1) is 14.3. The number of fused-ring (bicyclic) bond motifs is 6. The van der Waals surface area contributed by atoms with Gasteiger partial charge in [0.25, 0.3) is 0 Å². The van der Waals surface area contributed by atoms with Crippen LogP contribution in [0, 0.1) is 0 Å². The zero-order valence-corrected chi connectivity index (χ0v) is 13.2. The van der Waals surface area contributed by atoms with Gasteiger partial charge >= 0.3 is 0 Å². The Labute approximate surface area is 137 Å². The average molecular weight is 340 g/mol. The van der Waals surface area contributed by atoms with E-state index in [4.69, 9.17) is 33.7 Å². The number of aromatic amines is 1. The Morgan fingerprint density at radius 2 is 2.23 bits per heavy atom. The van der Waals surface area contributed by atoms with E-state index in [1.165, 1.54) is 0 Å². The third-order valence-corrected chi connectivity index (χ3v) is 5.34. The number of morpholine rings is 1. The third-order valence-electron chi connectivity index (χ3n) is 4.54. The van der Waals surface area contributed by atoms with Crippen molar-refractivity contribution in [3.8, 4) is 0 Å². The fourth-order valence-corrected chi connectivity index (χ4v) is 4.02. The molecule has 0 radical (unpaired) electrons. The van der Waals surface area contributed by atoms with E-state index in [0.29, 0.717) is 29.7 Å². The third kappa shape index (κ3) is 1.90. The van der Waals surface area contributed by atoms with Gasteiger partial charge in [-0.2, -0.15) is 0 Å². The number of H-pyrrole nitrogens is 1. The Morgan fingerprint density at radius 1 is 1.41 bits per heavy atom. The molecule has 22 heavy (non-hydrogen) atoms. The molecule has 7 heteroatoms. The molecule has 1 amide bonds. The standard InChI is InChI=1S/C15H15Cl2N3O2/c16-9-2-1-8-13-10(19-15(8)14(9)17)3-7-5-22-6-11(13)20(7)12(21)4-18/h1-2,7,11,19H,3-6,18H2. The molecule has 5 nitrogen and oxygen atoms in total. The highest BCUT2D eigenvalue weighted by Crippen LogP contribution is 2.43. The largest absolute Gasteiger partial charge is 0.377 e. The van der Waals surface area contributed by atoms with E-state index in [-0.39, 0.29) is 24.5 Å². The first-order valence-electron chi connectivity index (χ1n) is 7.19. The van der Waals surface area contributed by atoms with E-state index in [9.17, 15) is 4.79 Å². The molecule has 1 saturated heterocycles. The van der Waals surface area contributed by atoms with Crippen molar-refractivity contribution in [3.05, 3.63) is 33.4 Å². The first-order valence-corrected chi connectivity index (χ1v) is 7.94. The molecule has 4 rings (SSSR count). The van der Waals surface area contributed by atoms with Crippen LogP contribution in [0.2, 0.25) is 10.0 Å². The molecule has 2 aliphatic heterocycles. The average Bonchev–Trinajstić information content (AvgIpc) is 2.88. The van der Waals surface area contributed by atoms with Crippen LogP contribution in [-0.4, -0.2) is 41.6 Å². The maximum Gasteiger partial charge on any atom is 0.237 e. The number of aromatic nitrogens is 1. The van der Waals surface area contributed by atoms with Crippen molar-refractivity contribution in [1.29, 1.82) is 0 Å². The van der Waals surface area contributed by atoms with Gasteiger partial charge in [0.05, 0.1) is 47.4 Å². The lowest BCUT2D eigenvalue weighted by molar-refractivity contribution is -0.146. The summed E-state index contributed by atoms with van der Waals surface area (Å²) in [7, 11) is 0. The number of hydrogen-bond acceptors (Lipinski definition) is 3. The number of carbonyl (C=O) groups excluding carboxylic acids is 1. The number of amides is 1. The number of nitrogens with zero attached hydrogens (tertiary/aromatic N) is 1. The lowest BCUT2D eigenvalue weighted by atomic mass is 9.90. The summed E-state index contributed by atoms with van der Waals surface area (Å²) in [6.07, 6.45) is 0.709. The molecule has 116 valence electrons. The molecule has 1 aromatic carbocycles. The molecule has 3 N–H and O–H groups in total. The lowest BCUT2D eigenvalue weighted by Crippen LogP contribution is -2.55. The highest BCUT2D eigenvalue weighted by atomic mass is 35.5. The van der Waals surface area contributed by atoms with E-state index in [0.717, 1.165) is 22.2 Å².